The highest BCUT2D eigenvalue weighted by molar-refractivity contribution is 7.99. The lowest BCUT2D eigenvalue weighted by Gasteiger charge is -2.31. The number of rotatable bonds is 3. The number of aromatic amines is 1. The largest absolute Gasteiger partial charge is 0.333 e. The third-order valence-corrected chi connectivity index (χ3v) is 5.57. The number of nitrogens with zero attached hydrogens (tertiary/aromatic N) is 2. The first-order chi connectivity index (χ1) is 12.1. The summed E-state index contributed by atoms with van der Waals surface area (Å²) in [5.74, 6) is 0.486. The molecule has 2 heterocycles. The minimum absolute atomic E-state index is 0.124. The Hall–Kier alpha value is -1.98. The quantitative estimate of drug-likeness (QED) is 0.684. The zero-order valence-electron chi connectivity index (χ0n) is 13.9. The molecular weight excluding hydrogens is 354 g/mol. The summed E-state index contributed by atoms with van der Waals surface area (Å²) in [6.07, 6.45) is 2.05. The van der Waals surface area contributed by atoms with Crippen molar-refractivity contribution in [2.75, 3.05) is 17.2 Å². The molecule has 0 atom stereocenters. The Bertz CT molecular complexity index is 953. The van der Waals surface area contributed by atoms with E-state index in [1.54, 1.807) is 0 Å². The number of carbonyl (C=O) groups is 1. The Kier molecular flexibility index (Phi) is 4.44. The fourth-order valence-electron chi connectivity index (χ4n) is 3.33. The van der Waals surface area contributed by atoms with Crippen molar-refractivity contribution in [1.82, 2.24) is 9.97 Å². The number of H-pyrrole nitrogens is 1. The Morgan fingerprint density at radius 3 is 3.12 bits per heavy atom. The van der Waals surface area contributed by atoms with Gasteiger partial charge in [-0.1, -0.05) is 41.6 Å². The lowest BCUT2D eigenvalue weighted by molar-refractivity contribution is -0.116. The molecule has 0 saturated carbocycles. The zero-order valence-corrected chi connectivity index (χ0v) is 15.5. The summed E-state index contributed by atoms with van der Waals surface area (Å²) < 4.78 is 0. The van der Waals surface area contributed by atoms with Gasteiger partial charge in [0.15, 0.2) is 5.16 Å². The van der Waals surface area contributed by atoms with E-state index >= 15 is 0 Å². The number of amides is 1. The van der Waals surface area contributed by atoms with Crippen LogP contribution < -0.4 is 4.90 Å². The first-order valence-corrected chi connectivity index (χ1v) is 9.65. The van der Waals surface area contributed by atoms with Gasteiger partial charge in [0, 0.05) is 17.3 Å². The van der Waals surface area contributed by atoms with Gasteiger partial charge >= 0.3 is 0 Å². The average Bonchev–Trinajstić information content (AvgIpc) is 3.01. The summed E-state index contributed by atoms with van der Waals surface area (Å²) in [6.45, 7) is 2.85. The van der Waals surface area contributed by atoms with Crippen molar-refractivity contribution in [1.29, 1.82) is 0 Å². The van der Waals surface area contributed by atoms with E-state index < -0.39 is 0 Å². The normalized spacial score (nSPS) is 13.9. The van der Waals surface area contributed by atoms with Gasteiger partial charge in [-0.05, 0) is 49.1 Å². The van der Waals surface area contributed by atoms with Crippen LogP contribution in [0.3, 0.4) is 0 Å². The van der Waals surface area contributed by atoms with Crippen LogP contribution in [0, 0.1) is 6.92 Å². The van der Waals surface area contributed by atoms with Crippen molar-refractivity contribution in [3.8, 4) is 0 Å². The number of benzene rings is 2. The van der Waals surface area contributed by atoms with Crippen LogP contribution in [-0.4, -0.2) is 28.2 Å². The van der Waals surface area contributed by atoms with Crippen molar-refractivity contribution in [3.05, 3.63) is 52.5 Å². The summed E-state index contributed by atoms with van der Waals surface area (Å²) in [4.78, 5) is 22.5. The van der Waals surface area contributed by atoms with E-state index in [9.17, 15) is 4.79 Å². The highest BCUT2D eigenvalue weighted by Crippen LogP contribution is 2.31. The molecule has 0 radical (unpaired) electrons. The summed E-state index contributed by atoms with van der Waals surface area (Å²) in [7, 11) is 0. The SMILES string of the molecule is Cc1cccc2c1N(C(=O)CSc1nc3ccc(Cl)cc3[nH]1)CCC2. The first kappa shape index (κ1) is 16.5. The lowest BCUT2D eigenvalue weighted by atomic mass is 9.98. The van der Waals surface area contributed by atoms with E-state index in [1.807, 2.05) is 23.1 Å². The molecule has 0 bridgehead atoms. The number of aryl methyl sites for hydroxylation is 2. The maximum Gasteiger partial charge on any atom is 0.237 e. The van der Waals surface area contributed by atoms with Crippen LogP contribution in [0.4, 0.5) is 5.69 Å². The molecule has 6 heteroatoms. The molecule has 0 spiro atoms. The van der Waals surface area contributed by atoms with Gasteiger partial charge in [0.05, 0.1) is 16.8 Å². The third-order valence-electron chi connectivity index (χ3n) is 4.47. The van der Waals surface area contributed by atoms with Crippen LogP contribution in [0.25, 0.3) is 11.0 Å². The molecule has 0 aliphatic carbocycles. The Balaban J connectivity index is 1.51. The van der Waals surface area contributed by atoms with Gasteiger partial charge in [-0.15, -0.1) is 0 Å². The molecule has 0 unspecified atom stereocenters. The number of thioether (sulfide) groups is 1. The van der Waals surface area contributed by atoms with E-state index in [0.717, 1.165) is 46.8 Å². The molecule has 3 aromatic rings. The standard InChI is InChI=1S/C19H18ClN3OS/c1-12-4-2-5-13-6-3-9-23(18(12)13)17(24)11-25-19-21-15-8-7-14(20)10-16(15)22-19/h2,4-5,7-8,10H,3,6,9,11H2,1H3,(H,21,22). The molecule has 1 amide bonds. The first-order valence-electron chi connectivity index (χ1n) is 8.29. The number of hydrogen-bond acceptors (Lipinski definition) is 3. The summed E-state index contributed by atoms with van der Waals surface area (Å²) >= 11 is 7.44. The summed E-state index contributed by atoms with van der Waals surface area (Å²) in [5, 5.41) is 1.41. The van der Waals surface area contributed by atoms with Crippen LogP contribution in [0.15, 0.2) is 41.6 Å². The Labute approximate surface area is 155 Å². The minimum atomic E-state index is 0.124. The summed E-state index contributed by atoms with van der Waals surface area (Å²) in [6, 6.07) is 11.8. The molecule has 4 rings (SSSR count). The van der Waals surface area contributed by atoms with Gasteiger partial charge in [-0.2, -0.15) is 0 Å². The maximum absolute atomic E-state index is 12.8. The molecule has 1 N–H and O–H groups in total. The number of anilines is 1. The topological polar surface area (TPSA) is 49.0 Å². The van der Waals surface area contributed by atoms with Gasteiger partial charge in [0.1, 0.15) is 0 Å². The van der Waals surface area contributed by atoms with Crippen molar-refractivity contribution in [3.63, 3.8) is 0 Å². The van der Waals surface area contributed by atoms with E-state index in [2.05, 4.69) is 35.1 Å². The smallest absolute Gasteiger partial charge is 0.237 e. The predicted molar refractivity (Wildman–Crippen MR) is 104 cm³/mol. The number of fused-ring (bicyclic) bond motifs is 2. The monoisotopic (exact) mass is 371 g/mol. The van der Waals surface area contributed by atoms with Gasteiger partial charge in [0.2, 0.25) is 5.91 Å². The van der Waals surface area contributed by atoms with Gasteiger partial charge in [-0.25, -0.2) is 4.98 Å². The second-order valence-electron chi connectivity index (χ2n) is 6.22. The van der Waals surface area contributed by atoms with Crippen LogP contribution in [0.1, 0.15) is 17.5 Å². The number of hydrogen-bond donors (Lipinski definition) is 1. The van der Waals surface area contributed by atoms with Crippen LogP contribution in [0.2, 0.25) is 5.02 Å². The van der Waals surface area contributed by atoms with E-state index in [1.165, 1.54) is 17.3 Å². The van der Waals surface area contributed by atoms with Crippen molar-refractivity contribution >= 4 is 46.0 Å². The number of halogens is 1. The number of aromatic nitrogens is 2. The molecule has 4 nitrogen and oxygen atoms in total. The number of nitrogens with one attached hydrogen (secondary N) is 1. The third kappa shape index (κ3) is 3.26. The highest BCUT2D eigenvalue weighted by atomic mass is 35.5. The van der Waals surface area contributed by atoms with Crippen molar-refractivity contribution in [2.24, 2.45) is 0 Å². The minimum Gasteiger partial charge on any atom is -0.333 e. The lowest BCUT2D eigenvalue weighted by Crippen LogP contribution is -2.37. The second-order valence-corrected chi connectivity index (χ2v) is 7.62. The summed E-state index contributed by atoms with van der Waals surface area (Å²) in [5.41, 5.74) is 5.27. The average molecular weight is 372 g/mol. The van der Waals surface area contributed by atoms with Gasteiger partial charge < -0.3 is 9.88 Å². The molecular formula is C19H18ClN3OS. The molecule has 0 fully saturated rings. The van der Waals surface area contributed by atoms with Crippen LogP contribution >= 0.6 is 23.4 Å². The molecule has 128 valence electrons. The Morgan fingerprint density at radius 1 is 1.36 bits per heavy atom. The molecule has 25 heavy (non-hydrogen) atoms. The van der Waals surface area contributed by atoms with Crippen molar-refractivity contribution in [2.45, 2.75) is 24.9 Å². The number of imidazole rings is 1. The van der Waals surface area contributed by atoms with Crippen LogP contribution in [-0.2, 0) is 11.2 Å². The predicted octanol–water partition coefficient (Wildman–Crippen LogP) is 4.60. The molecule has 2 aromatic carbocycles. The number of carbonyl (C=O) groups excluding carboxylic acids is 1. The molecule has 0 saturated heterocycles. The molecule has 1 aliphatic rings. The Morgan fingerprint density at radius 2 is 2.24 bits per heavy atom. The van der Waals surface area contributed by atoms with E-state index in [0.29, 0.717) is 10.8 Å². The fraction of sp³-hybridized carbons (Fsp3) is 0.263. The highest BCUT2D eigenvalue weighted by Gasteiger charge is 2.24. The number of para-hydroxylation sites is 1. The van der Waals surface area contributed by atoms with Gasteiger partial charge in [-0.3, -0.25) is 4.79 Å². The van der Waals surface area contributed by atoms with E-state index in [4.69, 9.17) is 11.6 Å². The van der Waals surface area contributed by atoms with Gasteiger partial charge in [0.25, 0.3) is 0 Å². The fourth-order valence-corrected chi connectivity index (χ4v) is 4.26. The second kappa shape index (κ2) is 6.73. The molecule has 1 aromatic heterocycles. The maximum atomic E-state index is 12.8. The molecule has 1 aliphatic heterocycles. The van der Waals surface area contributed by atoms with Crippen molar-refractivity contribution < 1.29 is 4.79 Å². The zero-order chi connectivity index (χ0) is 17.4. The van der Waals surface area contributed by atoms with Crippen LogP contribution in [0.5, 0.6) is 0 Å². The van der Waals surface area contributed by atoms with E-state index in [-0.39, 0.29) is 5.91 Å².